The number of rotatable bonds is 5. The highest BCUT2D eigenvalue weighted by molar-refractivity contribution is 6.13. The fourth-order valence-electron chi connectivity index (χ4n) is 3.14. The molecule has 25 heavy (non-hydrogen) atoms. The second kappa shape index (κ2) is 6.31. The molecular formula is C20H21N3O2. The van der Waals surface area contributed by atoms with Crippen LogP contribution in [0.5, 0.6) is 0 Å². The van der Waals surface area contributed by atoms with Gasteiger partial charge in [-0.15, -0.1) is 0 Å². The van der Waals surface area contributed by atoms with Crippen molar-refractivity contribution < 1.29 is 9.32 Å². The second-order valence-corrected chi connectivity index (χ2v) is 6.63. The molecule has 5 heteroatoms. The number of aromatic nitrogens is 2. The largest absolute Gasteiger partial charge is 0.336 e. The first-order valence-electron chi connectivity index (χ1n) is 8.81. The summed E-state index contributed by atoms with van der Waals surface area (Å²) in [5.41, 5.74) is 3.74. The first-order valence-corrected chi connectivity index (χ1v) is 8.81. The third kappa shape index (κ3) is 2.90. The van der Waals surface area contributed by atoms with Crippen LogP contribution in [0, 0.1) is 0 Å². The highest BCUT2D eigenvalue weighted by Crippen LogP contribution is 2.40. The number of anilines is 1. The summed E-state index contributed by atoms with van der Waals surface area (Å²) in [6, 6.07) is 11.6. The smallest absolute Gasteiger partial charge is 0.259 e. The van der Waals surface area contributed by atoms with Crippen molar-refractivity contribution in [1.82, 2.24) is 10.1 Å². The predicted octanol–water partition coefficient (Wildman–Crippen LogP) is 4.33. The summed E-state index contributed by atoms with van der Waals surface area (Å²) in [5, 5.41) is 4.94. The van der Waals surface area contributed by atoms with E-state index in [1.807, 2.05) is 36.4 Å². The molecule has 2 heterocycles. The molecule has 0 bridgehead atoms. The molecule has 0 unspecified atom stereocenters. The van der Waals surface area contributed by atoms with Crippen molar-refractivity contribution in [1.29, 1.82) is 0 Å². The lowest BCUT2D eigenvalue weighted by molar-refractivity contribution is 0.0994. The van der Waals surface area contributed by atoms with E-state index in [0.717, 1.165) is 48.1 Å². The minimum absolute atomic E-state index is 0.0546. The Balaban J connectivity index is 1.83. The molecule has 0 atom stereocenters. The second-order valence-electron chi connectivity index (χ2n) is 6.63. The number of fused-ring (bicyclic) bond motifs is 1. The van der Waals surface area contributed by atoms with Crippen molar-refractivity contribution in [3.63, 3.8) is 0 Å². The van der Waals surface area contributed by atoms with Gasteiger partial charge in [-0.05, 0) is 37.5 Å². The maximum Gasteiger partial charge on any atom is 0.259 e. The number of amides is 1. The Morgan fingerprint density at radius 3 is 2.72 bits per heavy atom. The van der Waals surface area contributed by atoms with Crippen LogP contribution in [0.1, 0.15) is 53.8 Å². The molecule has 4 rings (SSSR count). The van der Waals surface area contributed by atoms with Crippen LogP contribution in [-0.4, -0.2) is 23.1 Å². The summed E-state index contributed by atoms with van der Waals surface area (Å²) in [6.45, 7) is 2.09. The van der Waals surface area contributed by atoms with Crippen molar-refractivity contribution in [2.45, 2.75) is 38.5 Å². The van der Waals surface area contributed by atoms with Crippen molar-refractivity contribution in [2.75, 3.05) is 11.9 Å². The SMILES string of the molecule is CCCc1noc2nc(C3CC3)cc(C(=O)N(C)c3ccccc3)c12. The molecule has 3 aromatic rings. The van der Waals surface area contributed by atoms with Gasteiger partial charge in [0.05, 0.1) is 16.6 Å². The van der Waals surface area contributed by atoms with E-state index >= 15 is 0 Å². The number of benzene rings is 1. The maximum absolute atomic E-state index is 13.2. The normalized spacial score (nSPS) is 14.0. The third-order valence-corrected chi connectivity index (χ3v) is 4.70. The Morgan fingerprint density at radius 1 is 1.28 bits per heavy atom. The summed E-state index contributed by atoms with van der Waals surface area (Å²) in [6.07, 6.45) is 3.95. The van der Waals surface area contributed by atoms with E-state index in [1.54, 1.807) is 11.9 Å². The van der Waals surface area contributed by atoms with Crippen LogP contribution in [0.4, 0.5) is 5.69 Å². The number of hydrogen-bond donors (Lipinski definition) is 0. The van der Waals surface area contributed by atoms with Crippen LogP contribution in [-0.2, 0) is 6.42 Å². The van der Waals surface area contributed by atoms with Crippen LogP contribution in [0.15, 0.2) is 40.9 Å². The standard InChI is InChI=1S/C20H21N3O2/c1-3-7-16-18-15(20(24)23(2)14-8-5-4-6-9-14)12-17(13-10-11-13)21-19(18)25-22-16/h4-6,8-9,12-13H,3,7,10-11H2,1-2H3. The Hall–Kier alpha value is -2.69. The van der Waals surface area contributed by atoms with E-state index in [-0.39, 0.29) is 5.91 Å². The van der Waals surface area contributed by atoms with Gasteiger partial charge in [-0.3, -0.25) is 4.79 Å². The van der Waals surface area contributed by atoms with Crippen LogP contribution in [0.25, 0.3) is 11.1 Å². The highest BCUT2D eigenvalue weighted by Gasteiger charge is 2.29. The molecule has 128 valence electrons. The van der Waals surface area contributed by atoms with Crippen LogP contribution < -0.4 is 4.90 Å². The fourth-order valence-corrected chi connectivity index (χ4v) is 3.14. The highest BCUT2D eigenvalue weighted by atomic mass is 16.5. The number of carbonyl (C=O) groups excluding carboxylic acids is 1. The van der Waals surface area contributed by atoms with Gasteiger partial charge in [-0.1, -0.05) is 36.7 Å². The lowest BCUT2D eigenvalue weighted by Crippen LogP contribution is -2.26. The molecule has 0 N–H and O–H groups in total. The molecule has 0 saturated heterocycles. The average molecular weight is 335 g/mol. The lowest BCUT2D eigenvalue weighted by Gasteiger charge is -2.18. The zero-order chi connectivity index (χ0) is 17.4. The maximum atomic E-state index is 13.2. The van der Waals surface area contributed by atoms with Gasteiger partial charge in [0, 0.05) is 24.3 Å². The first kappa shape index (κ1) is 15.8. The zero-order valence-corrected chi connectivity index (χ0v) is 14.5. The van der Waals surface area contributed by atoms with Gasteiger partial charge in [-0.25, -0.2) is 4.98 Å². The van der Waals surface area contributed by atoms with Crippen molar-refractivity contribution >= 4 is 22.7 Å². The monoisotopic (exact) mass is 335 g/mol. The molecule has 1 aliphatic carbocycles. The van der Waals surface area contributed by atoms with Crippen molar-refractivity contribution in [3.8, 4) is 0 Å². The van der Waals surface area contributed by atoms with Gasteiger partial charge < -0.3 is 9.42 Å². The Labute approximate surface area is 146 Å². The van der Waals surface area contributed by atoms with Crippen LogP contribution in [0.2, 0.25) is 0 Å². The van der Waals surface area contributed by atoms with Crippen molar-refractivity contribution in [2.24, 2.45) is 0 Å². The van der Waals surface area contributed by atoms with E-state index in [1.165, 1.54) is 0 Å². The summed E-state index contributed by atoms with van der Waals surface area (Å²) in [5.74, 6) is 0.388. The minimum Gasteiger partial charge on any atom is -0.336 e. The summed E-state index contributed by atoms with van der Waals surface area (Å²) < 4.78 is 5.46. The van der Waals surface area contributed by atoms with Crippen molar-refractivity contribution in [3.05, 3.63) is 53.3 Å². The summed E-state index contributed by atoms with van der Waals surface area (Å²) in [4.78, 5) is 19.5. The third-order valence-electron chi connectivity index (χ3n) is 4.70. The minimum atomic E-state index is -0.0546. The molecule has 0 spiro atoms. The molecule has 5 nitrogen and oxygen atoms in total. The average Bonchev–Trinajstić information content (AvgIpc) is 3.43. The van der Waals surface area contributed by atoms with Gasteiger partial charge in [0.1, 0.15) is 0 Å². The summed E-state index contributed by atoms with van der Waals surface area (Å²) >= 11 is 0. The number of para-hydroxylation sites is 1. The quantitative estimate of drug-likeness (QED) is 0.696. The van der Waals surface area contributed by atoms with E-state index in [0.29, 0.717) is 17.2 Å². The molecule has 1 saturated carbocycles. The molecule has 1 amide bonds. The van der Waals surface area contributed by atoms with Gasteiger partial charge in [0.15, 0.2) is 0 Å². The van der Waals surface area contributed by atoms with E-state index in [9.17, 15) is 4.79 Å². The van der Waals surface area contributed by atoms with E-state index in [4.69, 9.17) is 4.52 Å². The lowest BCUT2D eigenvalue weighted by atomic mass is 10.0. The Kier molecular flexibility index (Phi) is 3.99. The molecule has 0 aliphatic heterocycles. The number of aryl methyl sites for hydroxylation is 1. The predicted molar refractivity (Wildman–Crippen MR) is 96.9 cm³/mol. The number of hydrogen-bond acceptors (Lipinski definition) is 4. The molecule has 2 aromatic heterocycles. The van der Waals surface area contributed by atoms with Gasteiger partial charge in [0.2, 0.25) is 0 Å². The molecular weight excluding hydrogens is 314 g/mol. The number of nitrogens with zero attached hydrogens (tertiary/aromatic N) is 3. The van der Waals surface area contributed by atoms with Gasteiger partial charge in [-0.2, -0.15) is 0 Å². The van der Waals surface area contributed by atoms with Crippen LogP contribution >= 0.6 is 0 Å². The van der Waals surface area contributed by atoms with Crippen LogP contribution in [0.3, 0.4) is 0 Å². The Bertz CT molecular complexity index is 913. The Morgan fingerprint density at radius 2 is 2.04 bits per heavy atom. The molecule has 1 fully saturated rings. The fraction of sp³-hybridized carbons (Fsp3) is 0.350. The van der Waals surface area contributed by atoms with E-state index in [2.05, 4.69) is 17.1 Å². The van der Waals surface area contributed by atoms with E-state index < -0.39 is 0 Å². The van der Waals surface area contributed by atoms with Gasteiger partial charge in [0.25, 0.3) is 11.6 Å². The summed E-state index contributed by atoms with van der Waals surface area (Å²) in [7, 11) is 1.80. The topological polar surface area (TPSA) is 59.2 Å². The molecule has 1 aliphatic rings. The molecule has 1 aromatic carbocycles. The number of pyridine rings is 1. The molecule has 0 radical (unpaired) electrons. The number of carbonyl (C=O) groups is 1. The zero-order valence-electron chi connectivity index (χ0n) is 14.5. The first-order chi connectivity index (χ1) is 12.2. The van der Waals surface area contributed by atoms with Gasteiger partial charge >= 0.3 is 0 Å².